The van der Waals surface area contributed by atoms with E-state index in [1.165, 1.54) is 23.5 Å². The topological polar surface area (TPSA) is 65.8 Å². The first-order valence-corrected chi connectivity index (χ1v) is 8.35. The van der Waals surface area contributed by atoms with Gasteiger partial charge >= 0.3 is 0 Å². The van der Waals surface area contributed by atoms with E-state index in [0.29, 0.717) is 24.4 Å². The maximum atomic E-state index is 12.9. The molecule has 3 rings (SSSR count). The molecule has 0 unspecified atom stereocenters. The normalized spacial score (nSPS) is 16.0. The molecule has 1 heterocycles. The molecular weight excluding hydrogens is 313 g/mol. The fourth-order valence-corrected chi connectivity index (χ4v) is 3.68. The summed E-state index contributed by atoms with van der Waals surface area (Å²) in [6, 6.07) is 8.50. The lowest BCUT2D eigenvalue weighted by molar-refractivity contribution is -0.122. The van der Waals surface area contributed by atoms with Crippen LogP contribution in [0.15, 0.2) is 30.5 Å². The molecule has 0 bridgehead atoms. The number of rotatable bonds is 4. The SMILES string of the molecule is N#CC1(C(=O)Nc2ncc(Cc3ccc(F)cc3)s2)CCCC1. The third-order valence-corrected chi connectivity index (χ3v) is 5.08. The average Bonchev–Trinajstić information content (AvgIpc) is 3.20. The summed E-state index contributed by atoms with van der Waals surface area (Å²) in [5.41, 5.74) is 0.0835. The van der Waals surface area contributed by atoms with Crippen molar-refractivity contribution in [3.8, 4) is 6.07 Å². The molecule has 118 valence electrons. The van der Waals surface area contributed by atoms with Crippen LogP contribution in [0.2, 0.25) is 0 Å². The van der Waals surface area contributed by atoms with E-state index >= 15 is 0 Å². The first-order valence-electron chi connectivity index (χ1n) is 7.53. The molecule has 0 saturated heterocycles. The number of nitriles is 1. The van der Waals surface area contributed by atoms with Crippen LogP contribution in [0.5, 0.6) is 0 Å². The fraction of sp³-hybridized carbons (Fsp3) is 0.353. The number of nitrogens with zero attached hydrogens (tertiary/aromatic N) is 2. The van der Waals surface area contributed by atoms with Crippen LogP contribution in [0.25, 0.3) is 0 Å². The molecule has 6 heteroatoms. The van der Waals surface area contributed by atoms with Crippen molar-refractivity contribution in [2.24, 2.45) is 5.41 Å². The van der Waals surface area contributed by atoms with Gasteiger partial charge < -0.3 is 5.32 Å². The Balaban J connectivity index is 1.66. The number of anilines is 1. The van der Waals surface area contributed by atoms with Gasteiger partial charge in [0.05, 0.1) is 6.07 Å². The van der Waals surface area contributed by atoms with E-state index in [1.54, 1.807) is 18.3 Å². The Kier molecular flexibility index (Phi) is 4.39. The van der Waals surface area contributed by atoms with Crippen LogP contribution >= 0.6 is 11.3 Å². The average molecular weight is 329 g/mol. The molecule has 1 aromatic carbocycles. The van der Waals surface area contributed by atoms with Crippen LogP contribution in [0.4, 0.5) is 9.52 Å². The monoisotopic (exact) mass is 329 g/mol. The Morgan fingerprint density at radius 2 is 2.04 bits per heavy atom. The molecule has 4 nitrogen and oxygen atoms in total. The van der Waals surface area contributed by atoms with Gasteiger partial charge in [-0.05, 0) is 30.5 Å². The molecule has 1 N–H and O–H groups in total. The lowest BCUT2D eigenvalue weighted by Crippen LogP contribution is -2.32. The predicted molar refractivity (Wildman–Crippen MR) is 86.5 cm³/mol. The van der Waals surface area contributed by atoms with Gasteiger partial charge in [0.15, 0.2) is 5.13 Å². The second-order valence-corrected chi connectivity index (χ2v) is 6.91. The third kappa shape index (κ3) is 3.40. The number of hydrogen-bond donors (Lipinski definition) is 1. The van der Waals surface area contributed by atoms with E-state index in [1.807, 2.05) is 0 Å². The lowest BCUT2D eigenvalue weighted by Gasteiger charge is -2.17. The number of nitrogens with one attached hydrogen (secondary N) is 1. The van der Waals surface area contributed by atoms with Gasteiger partial charge in [-0.1, -0.05) is 25.0 Å². The standard InChI is InChI=1S/C17H16FN3OS/c18-13-5-3-12(4-6-13)9-14-10-20-16(23-14)21-15(22)17(11-19)7-1-2-8-17/h3-6,10H,1-2,7-9H2,(H,20,21,22). The molecule has 1 aliphatic rings. The third-order valence-electron chi connectivity index (χ3n) is 4.17. The Hall–Kier alpha value is -2.26. The molecule has 1 aliphatic carbocycles. The van der Waals surface area contributed by atoms with Gasteiger partial charge in [-0.3, -0.25) is 4.79 Å². The van der Waals surface area contributed by atoms with Crippen molar-refractivity contribution in [1.29, 1.82) is 5.26 Å². The van der Waals surface area contributed by atoms with Gasteiger partial charge in [-0.25, -0.2) is 9.37 Å². The Morgan fingerprint density at radius 1 is 1.35 bits per heavy atom. The van der Waals surface area contributed by atoms with Crippen molar-refractivity contribution in [1.82, 2.24) is 4.98 Å². The lowest BCUT2D eigenvalue weighted by atomic mass is 9.87. The maximum Gasteiger partial charge on any atom is 0.246 e. The summed E-state index contributed by atoms with van der Waals surface area (Å²) in [7, 11) is 0. The van der Waals surface area contributed by atoms with Gasteiger partial charge in [0, 0.05) is 17.5 Å². The number of carbonyl (C=O) groups excluding carboxylic acids is 1. The smallest absolute Gasteiger partial charge is 0.246 e. The fourth-order valence-electron chi connectivity index (χ4n) is 2.84. The van der Waals surface area contributed by atoms with Crippen molar-refractivity contribution < 1.29 is 9.18 Å². The number of carbonyl (C=O) groups is 1. The molecule has 1 fully saturated rings. The summed E-state index contributed by atoms with van der Waals surface area (Å²) in [5, 5.41) is 12.6. The predicted octanol–water partition coefficient (Wildman–Crippen LogP) is 3.90. The van der Waals surface area contributed by atoms with E-state index < -0.39 is 5.41 Å². The van der Waals surface area contributed by atoms with E-state index in [-0.39, 0.29) is 11.7 Å². The quantitative estimate of drug-likeness (QED) is 0.925. The zero-order chi connectivity index (χ0) is 16.3. The maximum absolute atomic E-state index is 12.9. The highest BCUT2D eigenvalue weighted by molar-refractivity contribution is 7.15. The highest BCUT2D eigenvalue weighted by atomic mass is 32.1. The first-order chi connectivity index (χ1) is 11.1. The second kappa shape index (κ2) is 6.47. The Morgan fingerprint density at radius 3 is 2.70 bits per heavy atom. The van der Waals surface area contributed by atoms with E-state index in [9.17, 15) is 14.4 Å². The van der Waals surface area contributed by atoms with Crippen molar-refractivity contribution in [2.45, 2.75) is 32.1 Å². The van der Waals surface area contributed by atoms with Gasteiger partial charge in [-0.15, -0.1) is 11.3 Å². The minimum atomic E-state index is -0.900. The molecule has 0 spiro atoms. The summed E-state index contributed by atoms with van der Waals surface area (Å²) in [4.78, 5) is 17.6. The summed E-state index contributed by atoms with van der Waals surface area (Å²) >= 11 is 1.38. The molecule has 23 heavy (non-hydrogen) atoms. The van der Waals surface area contributed by atoms with Gasteiger partial charge in [0.25, 0.3) is 0 Å². The molecule has 1 saturated carbocycles. The zero-order valence-electron chi connectivity index (χ0n) is 12.5. The van der Waals surface area contributed by atoms with E-state index in [4.69, 9.17) is 0 Å². The van der Waals surface area contributed by atoms with Crippen molar-refractivity contribution >= 4 is 22.4 Å². The number of halogens is 1. The summed E-state index contributed by atoms with van der Waals surface area (Å²) in [6.45, 7) is 0. The van der Waals surface area contributed by atoms with Crippen LogP contribution < -0.4 is 5.32 Å². The number of thiazole rings is 1. The summed E-state index contributed by atoms with van der Waals surface area (Å²) in [5.74, 6) is -0.510. The molecular formula is C17H16FN3OS. The van der Waals surface area contributed by atoms with E-state index in [2.05, 4.69) is 16.4 Å². The van der Waals surface area contributed by atoms with Gasteiger partial charge in [-0.2, -0.15) is 5.26 Å². The van der Waals surface area contributed by atoms with Crippen LogP contribution in [0.1, 0.15) is 36.1 Å². The van der Waals surface area contributed by atoms with Crippen LogP contribution in [-0.4, -0.2) is 10.9 Å². The first kappa shape index (κ1) is 15.6. The van der Waals surface area contributed by atoms with Crippen molar-refractivity contribution in [3.05, 3.63) is 46.7 Å². The highest BCUT2D eigenvalue weighted by Gasteiger charge is 2.41. The largest absolute Gasteiger partial charge is 0.301 e. The van der Waals surface area contributed by atoms with Gasteiger partial charge in [0.2, 0.25) is 5.91 Å². The number of benzene rings is 1. The molecule has 0 aliphatic heterocycles. The second-order valence-electron chi connectivity index (χ2n) is 5.79. The molecule has 1 aromatic heterocycles. The summed E-state index contributed by atoms with van der Waals surface area (Å²) in [6.07, 6.45) is 5.39. The van der Waals surface area contributed by atoms with E-state index in [0.717, 1.165) is 23.3 Å². The molecule has 0 atom stereocenters. The molecule has 1 amide bonds. The number of aromatic nitrogens is 1. The number of amides is 1. The number of hydrogen-bond acceptors (Lipinski definition) is 4. The Labute approximate surface area is 138 Å². The highest BCUT2D eigenvalue weighted by Crippen LogP contribution is 2.38. The minimum Gasteiger partial charge on any atom is -0.301 e. The zero-order valence-corrected chi connectivity index (χ0v) is 13.3. The molecule has 0 radical (unpaired) electrons. The van der Waals surface area contributed by atoms with Gasteiger partial charge in [0.1, 0.15) is 11.2 Å². The van der Waals surface area contributed by atoms with Crippen molar-refractivity contribution in [2.75, 3.05) is 5.32 Å². The summed E-state index contributed by atoms with van der Waals surface area (Å²) < 4.78 is 12.9. The van der Waals surface area contributed by atoms with Crippen LogP contribution in [-0.2, 0) is 11.2 Å². The molecule has 2 aromatic rings. The minimum absolute atomic E-state index is 0.250. The van der Waals surface area contributed by atoms with Crippen molar-refractivity contribution in [3.63, 3.8) is 0 Å². The van der Waals surface area contributed by atoms with Crippen LogP contribution in [0.3, 0.4) is 0 Å². The van der Waals surface area contributed by atoms with Crippen LogP contribution in [0, 0.1) is 22.6 Å². The Bertz CT molecular complexity index is 742.